The summed E-state index contributed by atoms with van der Waals surface area (Å²) in [6.07, 6.45) is 0.130. The van der Waals surface area contributed by atoms with Crippen molar-refractivity contribution in [3.8, 4) is 0 Å². The highest BCUT2D eigenvalue weighted by Gasteiger charge is 2.23. The van der Waals surface area contributed by atoms with Gasteiger partial charge in [0.25, 0.3) is 0 Å². The topological polar surface area (TPSA) is 99.1 Å². The number of aliphatic carboxylic acids is 1. The van der Waals surface area contributed by atoms with Gasteiger partial charge in [0.2, 0.25) is 0 Å². The summed E-state index contributed by atoms with van der Waals surface area (Å²) in [5.74, 6) is -0.869. The molecule has 1 aliphatic heterocycles. The molecule has 0 aromatic rings. The maximum atomic E-state index is 11.6. The number of nitrogens with one attached hydrogen (secondary N) is 1. The minimum absolute atomic E-state index is 0.0443. The van der Waals surface area contributed by atoms with Crippen LogP contribution in [-0.2, 0) is 9.53 Å². The Labute approximate surface area is 99.4 Å². The van der Waals surface area contributed by atoms with E-state index in [1.54, 1.807) is 4.90 Å². The molecule has 1 heterocycles. The molecular weight excluding hydrogens is 228 g/mol. The Bertz CT molecular complexity index is 271. The number of carbonyl (C=O) groups excluding carboxylic acids is 1. The zero-order valence-corrected chi connectivity index (χ0v) is 9.59. The van der Waals surface area contributed by atoms with E-state index in [1.807, 2.05) is 0 Å². The minimum atomic E-state index is -0.869. The second kappa shape index (κ2) is 7.08. The van der Waals surface area contributed by atoms with Crippen molar-refractivity contribution in [3.05, 3.63) is 0 Å². The van der Waals surface area contributed by atoms with E-state index in [0.29, 0.717) is 32.7 Å². The van der Waals surface area contributed by atoms with Crippen LogP contribution in [-0.4, -0.2) is 66.1 Å². The van der Waals surface area contributed by atoms with Crippen LogP contribution in [0.15, 0.2) is 0 Å². The molecule has 0 spiro atoms. The lowest BCUT2D eigenvalue weighted by Gasteiger charge is -2.32. The zero-order chi connectivity index (χ0) is 12.7. The standard InChI is InChI=1S/C10H18N2O5/c13-7-8-6-12(4-5-17-8)10(16)11-3-1-2-9(14)15/h8,13H,1-7H2,(H,11,16)(H,14,15). The maximum absolute atomic E-state index is 11.6. The molecule has 1 saturated heterocycles. The van der Waals surface area contributed by atoms with Gasteiger partial charge in [-0.3, -0.25) is 4.79 Å². The van der Waals surface area contributed by atoms with Crippen molar-refractivity contribution < 1.29 is 24.5 Å². The summed E-state index contributed by atoms with van der Waals surface area (Å²) in [6.45, 7) is 1.49. The van der Waals surface area contributed by atoms with E-state index in [1.165, 1.54) is 0 Å². The van der Waals surface area contributed by atoms with E-state index in [2.05, 4.69) is 5.32 Å². The number of carbonyl (C=O) groups is 2. The molecule has 0 radical (unpaired) electrons. The third-order valence-corrected chi connectivity index (χ3v) is 2.47. The molecule has 1 aliphatic rings. The van der Waals surface area contributed by atoms with Crippen LogP contribution in [0.3, 0.4) is 0 Å². The van der Waals surface area contributed by atoms with E-state index < -0.39 is 5.97 Å². The summed E-state index contributed by atoms with van der Waals surface area (Å²) in [5, 5.41) is 20.0. The quantitative estimate of drug-likeness (QED) is 0.554. The molecule has 0 aromatic carbocycles. The van der Waals surface area contributed by atoms with Crippen LogP contribution < -0.4 is 5.32 Å². The molecule has 1 rings (SSSR count). The van der Waals surface area contributed by atoms with Gasteiger partial charge in [0.1, 0.15) is 0 Å². The number of carboxylic acids is 1. The van der Waals surface area contributed by atoms with Crippen LogP contribution in [0.2, 0.25) is 0 Å². The van der Waals surface area contributed by atoms with Gasteiger partial charge in [0, 0.05) is 19.5 Å². The van der Waals surface area contributed by atoms with Crippen molar-refractivity contribution in [1.29, 1.82) is 0 Å². The van der Waals surface area contributed by atoms with Gasteiger partial charge in [-0.05, 0) is 6.42 Å². The smallest absolute Gasteiger partial charge is 0.317 e. The van der Waals surface area contributed by atoms with Crippen molar-refractivity contribution in [2.75, 3.05) is 32.8 Å². The van der Waals surface area contributed by atoms with Crippen molar-refractivity contribution in [2.24, 2.45) is 0 Å². The monoisotopic (exact) mass is 246 g/mol. The highest BCUT2D eigenvalue weighted by Crippen LogP contribution is 2.04. The third-order valence-electron chi connectivity index (χ3n) is 2.47. The Hall–Kier alpha value is -1.34. The van der Waals surface area contributed by atoms with Crippen LogP contribution in [0.25, 0.3) is 0 Å². The van der Waals surface area contributed by atoms with Gasteiger partial charge in [-0.1, -0.05) is 0 Å². The predicted octanol–water partition coefficient (Wildman–Crippen LogP) is -0.746. The van der Waals surface area contributed by atoms with E-state index in [9.17, 15) is 9.59 Å². The first kappa shape index (κ1) is 13.7. The Morgan fingerprint density at radius 3 is 2.88 bits per heavy atom. The van der Waals surface area contributed by atoms with Crippen molar-refractivity contribution in [3.63, 3.8) is 0 Å². The largest absolute Gasteiger partial charge is 0.481 e. The summed E-state index contributed by atoms with van der Waals surface area (Å²) < 4.78 is 5.22. The molecule has 3 N–H and O–H groups in total. The number of aliphatic hydroxyl groups excluding tert-OH is 1. The van der Waals surface area contributed by atoms with Crippen LogP contribution in [0, 0.1) is 0 Å². The Balaban J connectivity index is 2.20. The van der Waals surface area contributed by atoms with Crippen LogP contribution in [0.1, 0.15) is 12.8 Å². The number of carboxylic acid groups (broad SMARTS) is 1. The highest BCUT2D eigenvalue weighted by molar-refractivity contribution is 5.74. The van der Waals surface area contributed by atoms with E-state index >= 15 is 0 Å². The molecule has 2 amide bonds. The third kappa shape index (κ3) is 5.01. The SMILES string of the molecule is O=C(O)CCCNC(=O)N1CCOC(CO)C1. The van der Waals surface area contributed by atoms with Crippen molar-refractivity contribution in [2.45, 2.75) is 18.9 Å². The second-order valence-corrected chi connectivity index (χ2v) is 3.85. The molecule has 0 aliphatic carbocycles. The fourth-order valence-corrected chi connectivity index (χ4v) is 1.56. The highest BCUT2D eigenvalue weighted by atomic mass is 16.5. The summed E-state index contributed by atoms with van der Waals surface area (Å²) in [4.78, 5) is 23.5. The lowest BCUT2D eigenvalue weighted by atomic mass is 10.3. The second-order valence-electron chi connectivity index (χ2n) is 3.85. The molecule has 7 nitrogen and oxygen atoms in total. The predicted molar refractivity (Wildman–Crippen MR) is 58.7 cm³/mol. The summed E-state index contributed by atoms with van der Waals surface area (Å²) >= 11 is 0. The minimum Gasteiger partial charge on any atom is -0.481 e. The molecule has 0 saturated carbocycles. The number of morpholine rings is 1. The zero-order valence-electron chi connectivity index (χ0n) is 9.59. The number of amides is 2. The molecule has 0 aromatic heterocycles. The van der Waals surface area contributed by atoms with Gasteiger partial charge >= 0.3 is 12.0 Å². The number of hydrogen-bond donors (Lipinski definition) is 3. The Morgan fingerprint density at radius 2 is 2.24 bits per heavy atom. The first-order chi connectivity index (χ1) is 8.13. The van der Waals surface area contributed by atoms with E-state index in [0.717, 1.165) is 0 Å². The lowest BCUT2D eigenvalue weighted by Crippen LogP contribution is -2.50. The van der Waals surface area contributed by atoms with E-state index in [-0.39, 0.29) is 25.2 Å². The van der Waals surface area contributed by atoms with Gasteiger partial charge in [-0.2, -0.15) is 0 Å². The number of aliphatic hydroxyl groups is 1. The average molecular weight is 246 g/mol. The van der Waals surface area contributed by atoms with E-state index in [4.69, 9.17) is 14.9 Å². The Morgan fingerprint density at radius 1 is 1.47 bits per heavy atom. The number of nitrogens with zero attached hydrogens (tertiary/aromatic N) is 1. The average Bonchev–Trinajstić information content (AvgIpc) is 2.34. The van der Waals surface area contributed by atoms with Crippen LogP contribution in [0.4, 0.5) is 4.79 Å². The fraction of sp³-hybridized carbons (Fsp3) is 0.800. The molecule has 98 valence electrons. The Kier molecular flexibility index (Phi) is 5.71. The van der Waals surface area contributed by atoms with Gasteiger partial charge in [-0.15, -0.1) is 0 Å². The number of rotatable bonds is 5. The van der Waals surface area contributed by atoms with Gasteiger partial charge in [0.05, 0.1) is 25.9 Å². The first-order valence-electron chi connectivity index (χ1n) is 5.60. The van der Waals surface area contributed by atoms with Gasteiger partial charge in [-0.25, -0.2) is 4.79 Å². The summed E-state index contributed by atoms with van der Waals surface area (Å²) in [5.41, 5.74) is 0. The molecule has 1 unspecified atom stereocenters. The molecule has 1 fully saturated rings. The summed E-state index contributed by atoms with van der Waals surface area (Å²) in [7, 11) is 0. The summed E-state index contributed by atoms with van der Waals surface area (Å²) in [6, 6.07) is -0.239. The lowest BCUT2D eigenvalue weighted by molar-refractivity contribution is -0.137. The normalized spacial score (nSPS) is 20.1. The van der Waals surface area contributed by atoms with Gasteiger partial charge < -0.3 is 25.2 Å². The van der Waals surface area contributed by atoms with Crippen LogP contribution >= 0.6 is 0 Å². The molecule has 1 atom stereocenters. The maximum Gasteiger partial charge on any atom is 0.317 e. The number of ether oxygens (including phenoxy) is 1. The number of urea groups is 1. The molecular formula is C10H18N2O5. The first-order valence-corrected chi connectivity index (χ1v) is 5.60. The fourth-order valence-electron chi connectivity index (χ4n) is 1.56. The molecule has 7 heteroatoms. The van der Waals surface area contributed by atoms with Crippen molar-refractivity contribution in [1.82, 2.24) is 10.2 Å². The van der Waals surface area contributed by atoms with Crippen molar-refractivity contribution >= 4 is 12.0 Å². The van der Waals surface area contributed by atoms with Crippen LogP contribution in [0.5, 0.6) is 0 Å². The molecule has 17 heavy (non-hydrogen) atoms. The molecule has 0 bridgehead atoms. The van der Waals surface area contributed by atoms with Gasteiger partial charge in [0.15, 0.2) is 0 Å². The number of hydrogen-bond acceptors (Lipinski definition) is 4.